The van der Waals surface area contributed by atoms with Crippen LogP contribution in [0.2, 0.25) is 0 Å². The van der Waals surface area contributed by atoms with E-state index in [9.17, 15) is 22.8 Å². The normalized spacial score (nSPS) is 16.0. The van der Waals surface area contributed by atoms with Crippen LogP contribution in [0.25, 0.3) is 0 Å². The van der Waals surface area contributed by atoms with Crippen LogP contribution < -0.4 is 10.6 Å². The summed E-state index contributed by atoms with van der Waals surface area (Å²) in [4.78, 5) is 23.3. The number of halogens is 3. The van der Waals surface area contributed by atoms with Crippen molar-refractivity contribution in [3.8, 4) is 0 Å². The quantitative estimate of drug-likeness (QED) is 0.767. The maximum Gasteiger partial charge on any atom is 0.422 e. The number of alkyl carbamates (subject to hydrolysis) is 1. The van der Waals surface area contributed by atoms with Crippen molar-refractivity contribution >= 4 is 12.0 Å². The molecule has 29 heavy (non-hydrogen) atoms. The van der Waals surface area contributed by atoms with Crippen LogP contribution in [0, 0.1) is 0 Å². The van der Waals surface area contributed by atoms with Crippen molar-refractivity contribution in [2.45, 2.75) is 38.0 Å². The third-order valence-electron chi connectivity index (χ3n) is 4.53. The number of nitrogens with one attached hydrogen (secondary N) is 2. The largest absolute Gasteiger partial charge is 0.440 e. The van der Waals surface area contributed by atoms with Gasteiger partial charge in [0.05, 0.1) is 18.8 Å². The highest BCUT2D eigenvalue weighted by molar-refractivity contribution is 5.82. The lowest BCUT2D eigenvalue weighted by Gasteiger charge is -2.24. The molecule has 7 nitrogen and oxygen atoms in total. The van der Waals surface area contributed by atoms with E-state index in [0.29, 0.717) is 13.0 Å². The molecule has 0 saturated carbocycles. The monoisotopic (exact) mass is 410 g/mol. The van der Waals surface area contributed by atoms with Crippen LogP contribution in [0.4, 0.5) is 18.0 Å². The van der Waals surface area contributed by atoms with Gasteiger partial charge in [-0.25, -0.2) is 4.79 Å². The average Bonchev–Trinajstić information content (AvgIpc) is 3.09. The van der Waals surface area contributed by atoms with Crippen LogP contribution >= 0.6 is 0 Å². The average molecular weight is 410 g/mol. The summed E-state index contributed by atoms with van der Waals surface area (Å²) in [7, 11) is 0. The van der Waals surface area contributed by atoms with E-state index in [1.54, 1.807) is 6.20 Å². The highest BCUT2D eigenvalue weighted by Gasteiger charge is 2.30. The highest BCUT2D eigenvalue weighted by Crippen LogP contribution is 2.29. The summed E-state index contributed by atoms with van der Waals surface area (Å²) < 4.78 is 41.9. The number of carbonyl (C=O) groups is 2. The zero-order chi connectivity index (χ0) is 20.9. The van der Waals surface area contributed by atoms with Gasteiger partial charge < -0.3 is 15.4 Å². The van der Waals surface area contributed by atoms with Crippen molar-refractivity contribution in [1.29, 1.82) is 0 Å². The van der Waals surface area contributed by atoms with E-state index >= 15 is 0 Å². The summed E-state index contributed by atoms with van der Waals surface area (Å²) >= 11 is 0. The topological polar surface area (TPSA) is 85.2 Å². The Balaban J connectivity index is 1.54. The first-order valence-electron chi connectivity index (χ1n) is 9.17. The van der Waals surface area contributed by atoms with Gasteiger partial charge in [-0.3, -0.25) is 9.48 Å². The van der Waals surface area contributed by atoms with Crippen LogP contribution in [0.1, 0.15) is 35.7 Å². The second-order valence-corrected chi connectivity index (χ2v) is 6.75. The van der Waals surface area contributed by atoms with Crippen LogP contribution in [0.3, 0.4) is 0 Å². The predicted octanol–water partition coefficient (Wildman–Crippen LogP) is 2.71. The third kappa shape index (κ3) is 5.97. The lowest BCUT2D eigenvalue weighted by Crippen LogP contribution is -2.40. The van der Waals surface area contributed by atoms with E-state index in [4.69, 9.17) is 0 Å². The number of fused-ring (bicyclic) bond motifs is 1. The van der Waals surface area contributed by atoms with Gasteiger partial charge in [0.15, 0.2) is 6.61 Å². The summed E-state index contributed by atoms with van der Waals surface area (Å²) in [5, 5.41) is 9.25. The summed E-state index contributed by atoms with van der Waals surface area (Å²) in [5.41, 5.74) is 3.08. The molecule has 3 rings (SSSR count). The van der Waals surface area contributed by atoms with E-state index in [0.717, 1.165) is 29.7 Å². The molecule has 2 aromatic rings. The van der Waals surface area contributed by atoms with Gasteiger partial charge >= 0.3 is 12.3 Å². The van der Waals surface area contributed by atoms with Crippen LogP contribution in [0.15, 0.2) is 36.5 Å². The van der Waals surface area contributed by atoms with Crippen molar-refractivity contribution in [1.82, 2.24) is 20.4 Å². The molecular weight excluding hydrogens is 389 g/mol. The van der Waals surface area contributed by atoms with Gasteiger partial charge in [0.1, 0.15) is 6.54 Å². The Hall–Kier alpha value is -3.04. The molecule has 156 valence electrons. The predicted molar refractivity (Wildman–Crippen MR) is 97.0 cm³/mol. The number of rotatable bonds is 6. The van der Waals surface area contributed by atoms with E-state index in [2.05, 4.69) is 15.2 Å². The van der Waals surface area contributed by atoms with E-state index < -0.39 is 31.3 Å². The molecule has 1 aromatic carbocycles. The molecule has 2 amide bonds. The Morgan fingerprint density at radius 1 is 1.24 bits per heavy atom. The fourth-order valence-corrected chi connectivity index (χ4v) is 3.26. The SMILES string of the molecule is O=C(CNC(=O)OCC(F)(F)F)NC1CCCc2c1cnn2Cc1ccccc1. The molecular formula is C19H21F3N4O3. The molecule has 0 fully saturated rings. The Morgan fingerprint density at radius 3 is 2.72 bits per heavy atom. The molecule has 0 bridgehead atoms. The number of hydrogen-bond donors (Lipinski definition) is 2. The van der Waals surface area contributed by atoms with Crippen LogP contribution in [0.5, 0.6) is 0 Å². The fraction of sp³-hybridized carbons (Fsp3) is 0.421. The second-order valence-electron chi connectivity index (χ2n) is 6.75. The molecule has 1 heterocycles. The first kappa shape index (κ1) is 20.7. The van der Waals surface area contributed by atoms with Gasteiger partial charge in [0.2, 0.25) is 5.91 Å². The minimum atomic E-state index is -4.61. The molecule has 0 radical (unpaired) electrons. The maximum absolute atomic E-state index is 12.1. The highest BCUT2D eigenvalue weighted by atomic mass is 19.4. The number of carbonyl (C=O) groups excluding carboxylic acids is 2. The smallest absolute Gasteiger partial charge is 0.422 e. The minimum Gasteiger partial charge on any atom is -0.440 e. The first-order chi connectivity index (χ1) is 13.8. The minimum absolute atomic E-state index is 0.260. The molecule has 2 N–H and O–H groups in total. The zero-order valence-corrected chi connectivity index (χ0v) is 15.5. The van der Waals surface area contributed by atoms with E-state index in [-0.39, 0.29) is 6.04 Å². The first-order valence-corrected chi connectivity index (χ1v) is 9.17. The van der Waals surface area contributed by atoms with Crippen molar-refractivity contribution in [2.24, 2.45) is 0 Å². The van der Waals surface area contributed by atoms with Gasteiger partial charge in [-0.1, -0.05) is 30.3 Å². The number of amides is 2. The van der Waals surface area contributed by atoms with Crippen molar-refractivity contribution < 1.29 is 27.5 Å². The Labute approximate surface area is 165 Å². The van der Waals surface area contributed by atoms with E-state index in [1.165, 1.54) is 0 Å². The molecule has 0 saturated heterocycles. The van der Waals surface area contributed by atoms with Gasteiger partial charge in [-0.2, -0.15) is 18.3 Å². The number of alkyl halides is 3. The maximum atomic E-state index is 12.1. The number of nitrogens with zero attached hydrogens (tertiary/aromatic N) is 2. The van der Waals surface area contributed by atoms with Crippen molar-refractivity contribution in [3.05, 3.63) is 53.3 Å². The van der Waals surface area contributed by atoms with Crippen molar-refractivity contribution in [2.75, 3.05) is 13.2 Å². The van der Waals surface area contributed by atoms with E-state index in [1.807, 2.05) is 40.3 Å². The Kier molecular flexibility index (Phi) is 6.40. The Morgan fingerprint density at radius 2 is 2.00 bits per heavy atom. The molecule has 0 spiro atoms. The zero-order valence-electron chi connectivity index (χ0n) is 15.5. The molecule has 1 aliphatic carbocycles. The molecule has 1 aromatic heterocycles. The lowest BCUT2D eigenvalue weighted by molar-refractivity contribution is -0.160. The molecule has 1 aliphatic rings. The second kappa shape index (κ2) is 8.97. The molecule has 10 heteroatoms. The summed E-state index contributed by atoms with van der Waals surface area (Å²) in [6.07, 6.45) is -1.76. The number of hydrogen-bond acceptors (Lipinski definition) is 4. The van der Waals surface area contributed by atoms with Crippen molar-refractivity contribution in [3.63, 3.8) is 0 Å². The van der Waals surface area contributed by atoms with Crippen LogP contribution in [-0.2, 0) is 22.5 Å². The number of ether oxygens (including phenoxy) is 1. The summed E-state index contributed by atoms with van der Waals surface area (Å²) in [5.74, 6) is -0.511. The summed E-state index contributed by atoms with van der Waals surface area (Å²) in [6.45, 7) is -1.54. The van der Waals surface area contributed by atoms with Gasteiger partial charge in [-0.05, 0) is 24.8 Å². The Bertz CT molecular complexity index is 852. The lowest BCUT2D eigenvalue weighted by atomic mass is 9.93. The van der Waals surface area contributed by atoms with Gasteiger partial charge in [0.25, 0.3) is 0 Å². The summed E-state index contributed by atoms with van der Waals surface area (Å²) in [6, 6.07) is 9.63. The van der Waals surface area contributed by atoms with Gasteiger partial charge in [-0.15, -0.1) is 0 Å². The molecule has 1 atom stereocenters. The molecule has 0 aliphatic heterocycles. The third-order valence-corrected chi connectivity index (χ3v) is 4.53. The fourth-order valence-electron chi connectivity index (χ4n) is 3.26. The van der Waals surface area contributed by atoms with Gasteiger partial charge in [0, 0.05) is 11.3 Å². The van der Waals surface area contributed by atoms with Crippen LogP contribution in [-0.4, -0.2) is 41.1 Å². The number of aromatic nitrogens is 2. The number of benzene rings is 1. The standard InChI is InChI=1S/C19H21F3N4O3/c20-19(21,22)12-29-18(28)23-10-17(27)25-15-7-4-8-16-14(15)9-24-26(16)11-13-5-2-1-3-6-13/h1-3,5-6,9,15H,4,7-8,10-12H2,(H,23,28)(H,25,27). The molecule has 1 unspecified atom stereocenters.